The number of carbonyl (C=O) groups is 1. The Bertz CT molecular complexity index is 1070. The van der Waals surface area contributed by atoms with Gasteiger partial charge in [0.05, 0.1) is 17.6 Å². The predicted molar refractivity (Wildman–Crippen MR) is 113 cm³/mol. The minimum atomic E-state index is -3.59. The van der Waals surface area contributed by atoms with Crippen molar-refractivity contribution in [3.63, 3.8) is 0 Å². The lowest BCUT2D eigenvalue weighted by molar-refractivity contribution is 0.102. The lowest BCUT2D eigenvalue weighted by Gasteiger charge is -2.11. The molecule has 28 heavy (non-hydrogen) atoms. The van der Waals surface area contributed by atoms with E-state index in [2.05, 4.69) is 31.1 Å². The van der Waals surface area contributed by atoms with Crippen LogP contribution in [0.2, 0.25) is 0 Å². The zero-order valence-corrected chi connectivity index (χ0v) is 18.4. The molecule has 0 aliphatic carbocycles. The summed E-state index contributed by atoms with van der Waals surface area (Å²) >= 11 is 5.02. The molecule has 0 atom stereocenters. The summed E-state index contributed by atoms with van der Waals surface area (Å²) in [5.74, 6) is 0.225. The molecule has 0 aliphatic heterocycles. The van der Waals surface area contributed by atoms with Crippen LogP contribution >= 0.6 is 27.3 Å². The van der Waals surface area contributed by atoms with Crippen LogP contribution in [0.25, 0.3) is 0 Å². The second-order valence-electron chi connectivity index (χ2n) is 6.36. The van der Waals surface area contributed by atoms with Crippen molar-refractivity contribution in [2.45, 2.75) is 31.3 Å². The third-order valence-corrected chi connectivity index (χ3v) is 7.06. The molecular formula is C18H19BrN4O3S2. The van der Waals surface area contributed by atoms with Crippen molar-refractivity contribution in [3.8, 4) is 0 Å². The van der Waals surface area contributed by atoms with E-state index < -0.39 is 10.0 Å². The Hall–Kier alpha value is -2.01. The largest absolute Gasteiger partial charge is 0.307 e. The fraction of sp³-hybridized carbons (Fsp3) is 0.222. The van der Waals surface area contributed by atoms with Crippen LogP contribution < -0.4 is 10.0 Å². The van der Waals surface area contributed by atoms with Crippen molar-refractivity contribution in [1.82, 2.24) is 14.5 Å². The van der Waals surface area contributed by atoms with E-state index >= 15 is 0 Å². The van der Waals surface area contributed by atoms with Crippen LogP contribution in [-0.2, 0) is 16.6 Å². The van der Waals surface area contributed by atoms with Gasteiger partial charge in [0.2, 0.25) is 10.0 Å². The van der Waals surface area contributed by atoms with Gasteiger partial charge in [0, 0.05) is 32.4 Å². The average Bonchev–Trinajstić information content (AvgIpc) is 3.23. The van der Waals surface area contributed by atoms with Gasteiger partial charge in [-0.05, 0) is 60.1 Å². The Balaban J connectivity index is 1.71. The number of rotatable bonds is 7. The van der Waals surface area contributed by atoms with Crippen LogP contribution in [0.5, 0.6) is 0 Å². The normalized spacial score (nSPS) is 11.7. The molecule has 1 aromatic carbocycles. The molecular weight excluding hydrogens is 464 g/mol. The molecule has 0 saturated heterocycles. The third kappa shape index (κ3) is 5.07. The minimum Gasteiger partial charge on any atom is -0.307 e. The topological polar surface area (TPSA) is 93.1 Å². The summed E-state index contributed by atoms with van der Waals surface area (Å²) in [5, 5.41) is 9.05. The molecule has 2 aromatic heterocycles. The summed E-state index contributed by atoms with van der Waals surface area (Å²) in [6.45, 7) is 4.03. The second kappa shape index (κ2) is 8.56. The third-order valence-electron chi connectivity index (χ3n) is 3.70. The minimum absolute atomic E-state index is 0.117. The Labute approximate surface area is 176 Å². The van der Waals surface area contributed by atoms with Crippen molar-refractivity contribution >= 4 is 49.0 Å². The van der Waals surface area contributed by atoms with Gasteiger partial charge in [0.25, 0.3) is 5.91 Å². The first-order valence-corrected chi connectivity index (χ1v) is 11.6. The fourth-order valence-corrected chi connectivity index (χ4v) is 5.18. The molecule has 3 rings (SSSR count). The predicted octanol–water partition coefficient (Wildman–Crippen LogP) is 3.69. The fourth-order valence-electron chi connectivity index (χ4n) is 2.50. The summed E-state index contributed by atoms with van der Waals surface area (Å²) in [6.07, 6.45) is 1.62. The number of nitrogens with zero attached hydrogens (tertiary/aromatic N) is 2. The maximum atomic E-state index is 12.5. The van der Waals surface area contributed by atoms with Gasteiger partial charge in [-0.25, -0.2) is 17.8 Å². The number of nitrogens with one attached hydrogen (secondary N) is 2. The number of carbonyl (C=O) groups excluding carboxylic acids is 1. The number of thiophene rings is 1. The molecule has 0 bridgehead atoms. The standard InChI is InChI=1S/C18H19BrN4O3S2/c1-12(2)22-28(25,26)16-5-3-13(4-6-16)18(24)21-17-7-8-20-23(17)10-15-9-14(19)11-27-15/h3-9,11-12,22H,10H2,1-2H3,(H,21,24). The summed E-state index contributed by atoms with van der Waals surface area (Å²) < 4.78 is 29.6. The van der Waals surface area contributed by atoms with Crippen LogP contribution in [0.4, 0.5) is 5.82 Å². The van der Waals surface area contributed by atoms with E-state index in [9.17, 15) is 13.2 Å². The number of hydrogen-bond acceptors (Lipinski definition) is 5. The van der Waals surface area contributed by atoms with Crippen molar-refractivity contribution in [1.29, 1.82) is 0 Å². The van der Waals surface area contributed by atoms with Crippen molar-refractivity contribution in [3.05, 3.63) is 62.9 Å². The van der Waals surface area contributed by atoms with E-state index in [1.165, 1.54) is 24.3 Å². The summed E-state index contributed by atoms with van der Waals surface area (Å²) in [6, 6.07) is 9.31. The highest BCUT2D eigenvalue weighted by Gasteiger charge is 2.16. The van der Waals surface area contributed by atoms with E-state index in [4.69, 9.17) is 0 Å². The monoisotopic (exact) mass is 482 g/mol. The van der Waals surface area contributed by atoms with E-state index in [1.54, 1.807) is 42.1 Å². The molecule has 0 fully saturated rings. The Morgan fingerprint density at radius 3 is 2.57 bits per heavy atom. The zero-order chi connectivity index (χ0) is 20.3. The van der Waals surface area contributed by atoms with E-state index in [1.807, 2.05) is 11.4 Å². The summed E-state index contributed by atoms with van der Waals surface area (Å²) in [7, 11) is -3.59. The Morgan fingerprint density at radius 1 is 1.25 bits per heavy atom. The molecule has 0 spiro atoms. The van der Waals surface area contributed by atoms with Gasteiger partial charge in [-0.1, -0.05) is 0 Å². The van der Waals surface area contributed by atoms with Crippen LogP contribution in [-0.4, -0.2) is 30.1 Å². The lowest BCUT2D eigenvalue weighted by atomic mass is 10.2. The van der Waals surface area contributed by atoms with E-state index in [0.717, 1.165) is 9.35 Å². The van der Waals surface area contributed by atoms with Crippen LogP contribution in [0.15, 0.2) is 57.3 Å². The first-order chi connectivity index (χ1) is 13.2. The molecule has 0 radical (unpaired) electrons. The quantitative estimate of drug-likeness (QED) is 0.536. The van der Waals surface area contributed by atoms with Gasteiger partial charge in [0.15, 0.2) is 0 Å². The van der Waals surface area contributed by atoms with E-state index in [0.29, 0.717) is 17.9 Å². The van der Waals surface area contributed by atoms with Gasteiger partial charge in [-0.15, -0.1) is 11.3 Å². The first kappa shape index (κ1) is 20.7. The molecule has 0 aliphatic rings. The number of halogens is 1. The number of hydrogen-bond donors (Lipinski definition) is 2. The van der Waals surface area contributed by atoms with Gasteiger partial charge in [-0.3, -0.25) is 4.79 Å². The average molecular weight is 483 g/mol. The highest BCUT2D eigenvalue weighted by atomic mass is 79.9. The van der Waals surface area contributed by atoms with Crippen molar-refractivity contribution in [2.24, 2.45) is 0 Å². The molecule has 0 unspecified atom stereocenters. The highest BCUT2D eigenvalue weighted by Crippen LogP contribution is 2.22. The van der Waals surface area contributed by atoms with Gasteiger partial charge in [-0.2, -0.15) is 5.10 Å². The van der Waals surface area contributed by atoms with Gasteiger partial charge < -0.3 is 5.32 Å². The van der Waals surface area contributed by atoms with Gasteiger partial charge in [0.1, 0.15) is 5.82 Å². The highest BCUT2D eigenvalue weighted by molar-refractivity contribution is 9.10. The number of amides is 1. The molecule has 148 valence electrons. The molecule has 0 saturated carbocycles. The maximum Gasteiger partial charge on any atom is 0.256 e. The zero-order valence-electron chi connectivity index (χ0n) is 15.2. The first-order valence-electron chi connectivity index (χ1n) is 8.43. The molecule has 1 amide bonds. The molecule has 2 heterocycles. The number of anilines is 1. The molecule has 2 N–H and O–H groups in total. The summed E-state index contributed by atoms with van der Waals surface area (Å²) in [5.41, 5.74) is 0.357. The summed E-state index contributed by atoms with van der Waals surface area (Å²) in [4.78, 5) is 13.7. The second-order valence-corrected chi connectivity index (χ2v) is 9.99. The van der Waals surface area contributed by atoms with E-state index in [-0.39, 0.29) is 16.8 Å². The van der Waals surface area contributed by atoms with Crippen molar-refractivity contribution < 1.29 is 13.2 Å². The Morgan fingerprint density at radius 2 is 1.96 bits per heavy atom. The maximum absolute atomic E-state index is 12.5. The molecule has 3 aromatic rings. The van der Waals surface area contributed by atoms with Crippen LogP contribution in [0, 0.1) is 0 Å². The van der Waals surface area contributed by atoms with Crippen molar-refractivity contribution in [2.75, 3.05) is 5.32 Å². The SMILES string of the molecule is CC(C)NS(=O)(=O)c1ccc(C(=O)Nc2ccnn2Cc2cc(Br)cs2)cc1. The van der Waals surface area contributed by atoms with Crippen LogP contribution in [0.1, 0.15) is 29.1 Å². The number of sulfonamides is 1. The molecule has 7 nitrogen and oxygen atoms in total. The lowest BCUT2D eigenvalue weighted by Crippen LogP contribution is -2.30. The molecule has 10 heteroatoms. The smallest absolute Gasteiger partial charge is 0.256 e. The Kier molecular flexibility index (Phi) is 6.33. The number of aromatic nitrogens is 2. The van der Waals surface area contributed by atoms with Gasteiger partial charge >= 0.3 is 0 Å². The number of benzene rings is 1. The van der Waals surface area contributed by atoms with Crippen LogP contribution in [0.3, 0.4) is 0 Å².